The van der Waals surface area contributed by atoms with Gasteiger partial charge >= 0.3 is 0 Å². The van der Waals surface area contributed by atoms with Crippen molar-refractivity contribution < 1.29 is 13.9 Å². The molecule has 1 aromatic carbocycles. The van der Waals surface area contributed by atoms with E-state index in [-0.39, 0.29) is 24.3 Å². The van der Waals surface area contributed by atoms with Gasteiger partial charge in [-0.3, -0.25) is 9.69 Å². The molecular formula is C15H20Cl3FN2O2. The maximum absolute atomic E-state index is 13.1. The van der Waals surface area contributed by atoms with Crippen LogP contribution in [0.4, 0.5) is 4.39 Å². The van der Waals surface area contributed by atoms with Crippen LogP contribution in [0.2, 0.25) is 0 Å². The van der Waals surface area contributed by atoms with Crippen molar-refractivity contribution in [3.63, 3.8) is 0 Å². The number of benzene rings is 1. The molecule has 4 nitrogen and oxygen atoms in total. The number of alkyl halides is 2. The van der Waals surface area contributed by atoms with E-state index < -0.39 is 10.2 Å². The van der Waals surface area contributed by atoms with Crippen molar-refractivity contribution in [2.75, 3.05) is 32.8 Å². The normalized spacial score (nSPS) is 17.2. The predicted octanol–water partition coefficient (Wildman–Crippen LogP) is 2.93. The van der Waals surface area contributed by atoms with Crippen LogP contribution >= 0.6 is 35.6 Å². The van der Waals surface area contributed by atoms with Crippen LogP contribution < -0.4 is 5.32 Å². The number of nitrogens with zero attached hydrogens (tertiary/aromatic N) is 1. The molecular weight excluding hydrogens is 366 g/mol. The molecule has 2 rings (SSSR count). The Morgan fingerprint density at radius 1 is 1.35 bits per heavy atom. The first kappa shape index (κ1) is 20.5. The first-order chi connectivity index (χ1) is 10.4. The summed E-state index contributed by atoms with van der Waals surface area (Å²) in [5.74, 6) is -0.737. The topological polar surface area (TPSA) is 41.6 Å². The summed E-state index contributed by atoms with van der Waals surface area (Å²) in [6.45, 7) is 4.53. The molecule has 0 spiro atoms. The first-order valence-electron chi connectivity index (χ1n) is 7.11. The van der Waals surface area contributed by atoms with Crippen molar-refractivity contribution in [2.24, 2.45) is 0 Å². The van der Waals surface area contributed by atoms with E-state index in [2.05, 4.69) is 10.2 Å². The van der Waals surface area contributed by atoms with Crippen LogP contribution in [-0.2, 0) is 9.53 Å². The molecule has 1 fully saturated rings. The fourth-order valence-electron chi connectivity index (χ4n) is 2.38. The maximum atomic E-state index is 13.1. The molecule has 1 aliphatic heterocycles. The molecule has 1 N–H and O–H groups in total. The molecule has 23 heavy (non-hydrogen) atoms. The van der Waals surface area contributed by atoms with Crippen LogP contribution in [-0.4, -0.2) is 48.0 Å². The number of carbonyl (C=O) groups is 1. The summed E-state index contributed by atoms with van der Waals surface area (Å²) < 4.78 is 17.0. The lowest BCUT2D eigenvalue weighted by molar-refractivity contribution is -0.121. The van der Waals surface area contributed by atoms with Gasteiger partial charge in [0.25, 0.3) is 5.91 Å². The highest BCUT2D eigenvalue weighted by molar-refractivity contribution is 6.57. The monoisotopic (exact) mass is 384 g/mol. The Morgan fingerprint density at radius 3 is 2.43 bits per heavy atom. The summed E-state index contributed by atoms with van der Waals surface area (Å²) >= 11 is 11.6. The Kier molecular flexibility index (Phi) is 8.04. The van der Waals surface area contributed by atoms with E-state index in [1.807, 2.05) is 0 Å². The molecule has 0 saturated carbocycles. The lowest BCUT2D eigenvalue weighted by atomic mass is 10.0. The number of ether oxygens (including phenoxy) is 1. The number of halogens is 4. The van der Waals surface area contributed by atoms with Crippen LogP contribution in [0.3, 0.4) is 0 Å². The third-order valence-corrected chi connectivity index (χ3v) is 3.94. The minimum absolute atomic E-state index is 0. The molecule has 0 bridgehead atoms. The number of amides is 1. The Bertz CT molecular complexity index is 502. The van der Waals surface area contributed by atoms with Crippen LogP contribution in [0.25, 0.3) is 0 Å². The van der Waals surface area contributed by atoms with Gasteiger partial charge in [0, 0.05) is 19.6 Å². The molecule has 0 aliphatic carbocycles. The van der Waals surface area contributed by atoms with Gasteiger partial charge in [-0.1, -0.05) is 35.3 Å². The van der Waals surface area contributed by atoms with Gasteiger partial charge in [-0.05, 0) is 24.6 Å². The summed E-state index contributed by atoms with van der Waals surface area (Å²) in [6, 6.07) is 6.20. The molecule has 8 heteroatoms. The summed E-state index contributed by atoms with van der Waals surface area (Å²) in [5, 5.41) is 2.75. The SMILES string of the molecule is CC(Cl)(Cl)C(=O)NCC(c1ccc(F)cc1)N1CCOCC1.Cl. The third-order valence-electron chi connectivity index (χ3n) is 3.60. The standard InChI is InChI=1S/C15H19Cl2FN2O2.ClH/c1-15(16,17)14(21)19-10-13(20-6-8-22-9-7-20)11-2-4-12(18)5-3-11;/h2-5,13H,6-10H2,1H3,(H,19,21);1H. The average Bonchev–Trinajstić information content (AvgIpc) is 2.49. The molecule has 1 aromatic rings. The highest BCUT2D eigenvalue weighted by Crippen LogP contribution is 2.23. The molecule has 0 radical (unpaired) electrons. The zero-order valence-electron chi connectivity index (χ0n) is 12.7. The van der Waals surface area contributed by atoms with Crippen molar-refractivity contribution >= 4 is 41.5 Å². The highest BCUT2D eigenvalue weighted by atomic mass is 35.5. The Hall–Kier alpha value is -0.590. The lowest BCUT2D eigenvalue weighted by Gasteiger charge is -2.35. The Morgan fingerprint density at radius 2 is 1.91 bits per heavy atom. The van der Waals surface area contributed by atoms with Gasteiger partial charge in [-0.25, -0.2) is 4.39 Å². The van der Waals surface area contributed by atoms with Crippen LogP contribution in [0.5, 0.6) is 0 Å². The van der Waals surface area contributed by atoms with Crippen molar-refractivity contribution in [1.29, 1.82) is 0 Å². The van der Waals surface area contributed by atoms with Gasteiger partial charge in [0.1, 0.15) is 5.82 Å². The first-order valence-corrected chi connectivity index (χ1v) is 7.87. The molecule has 1 atom stereocenters. The second kappa shape index (κ2) is 9.04. The summed E-state index contributed by atoms with van der Waals surface area (Å²) in [6.07, 6.45) is 0. The minimum Gasteiger partial charge on any atom is -0.379 e. The number of morpholine rings is 1. The lowest BCUT2D eigenvalue weighted by Crippen LogP contribution is -2.46. The molecule has 1 saturated heterocycles. The Balaban J connectivity index is 0.00000264. The van der Waals surface area contributed by atoms with E-state index in [0.717, 1.165) is 18.7 Å². The van der Waals surface area contributed by atoms with E-state index >= 15 is 0 Å². The highest BCUT2D eigenvalue weighted by Gasteiger charge is 2.29. The predicted molar refractivity (Wildman–Crippen MR) is 91.9 cm³/mol. The molecule has 1 heterocycles. The van der Waals surface area contributed by atoms with Crippen LogP contribution in [0.15, 0.2) is 24.3 Å². The average molecular weight is 386 g/mol. The number of rotatable bonds is 5. The van der Waals surface area contributed by atoms with E-state index in [9.17, 15) is 9.18 Å². The minimum atomic E-state index is -1.47. The molecule has 1 amide bonds. The van der Waals surface area contributed by atoms with E-state index in [1.54, 1.807) is 12.1 Å². The van der Waals surface area contributed by atoms with Crippen molar-refractivity contribution in [3.05, 3.63) is 35.6 Å². The third kappa shape index (κ3) is 6.08. The van der Waals surface area contributed by atoms with E-state index in [0.29, 0.717) is 19.8 Å². The van der Waals surface area contributed by atoms with Crippen molar-refractivity contribution in [2.45, 2.75) is 17.3 Å². The maximum Gasteiger partial charge on any atom is 0.256 e. The fourth-order valence-corrected chi connectivity index (χ4v) is 2.51. The zero-order chi connectivity index (χ0) is 16.2. The number of nitrogens with one attached hydrogen (secondary N) is 1. The zero-order valence-corrected chi connectivity index (χ0v) is 15.1. The van der Waals surface area contributed by atoms with Crippen LogP contribution in [0, 0.1) is 5.82 Å². The number of hydrogen-bond acceptors (Lipinski definition) is 3. The summed E-state index contributed by atoms with van der Waals surface area (Å²) in [4.78, 5) is 14.1. The van der Waals surface area contributed by atoms with Gasteiger partial charge in [0.15, 0.2) is 4.33 Å². The van der Waals surface area contributed by atoms with Crippen LogP contribution in [0.1, 0.15) is 18.5 Å². The smallest absolute Gasteiger partial charge is 0.256 e. The quantitative estimate of drug-likeness (QED) is 0.792. The largest absolute Gasteiger partial charge is 0.379 e. The van der Waals surface area contributed by atoms with Gasteiger partial charge in [-0.2, -0.15) is 0 Å². The van der Waals surface area contributed by atoms with Gasteiger partial charge in [0.2, 0.25) is 0 Å². The molecule has 1 unspecified atom stereocenters. The fraction of sp³-hybridized carbons (Fsp3) is 0.533. The number of carbonyl (C=O) groups excluding carboxylic acids is 1. The molecule has 130 valence electrons. The van der Waals surface area contributed by atoms with Gasteiger partial charge < -0.3 is 10.1 Å². The van der Waals surface area contributed by atoms with Gasteiger partial charge in [0.05, 0.1) is 19.3 Å². The van der Waals surface area contributed by atoms with Crippen molar-refractivity contribution in [1.82, 2.24) is 10.2 Å². The second-order valence-corrected chi connectivity index (χ2v) is 7.02. The molecule has 1 aliphatic rings. The summed E-state index contributed by atoms with van der Waals surface area (Å²) in [5.41, 5.74) is 0.925. The van der Waals surface area contributed by atoms with E-state index in [4.69, 9.17) is 27.9 Å². The second-order valence-electron chi connectivity index (χ2n) is 5.31. The molecule has 0 aromatic heterocycles. The summed E-state index contributed by atoms with van der Waals surface area (Å²) in [7, 11) is 0. The Labute approximate surface area is 151 Å². The number of hydrogen-bond donors (Lipinski definition) is 1. The van der Waals surface area contributed by atoms with E-state index in [1.165, 1.54) is 19.1 Å². The van der Waals surface area contributed by atoms with Gasteiger partial charge in [-0.15, -0.1) is 12.4 Å². The van der Waals surface area contributed by atoms with Crippen molar-refractivity contribution in [3.8, 4) is 0 Å².